The third-order valence-electron chi connectivity index (χ3n) is 2.46. The first kappa shape index (κ1) is 16.2. The highest BCUT2D eigenvalue weighted by Gasteiger charge is 2.26. The molecule has 1 atom stereocenters. The van der Waals surface area contributed by atoms with Gasteiger partial charge in [-0.15, -0.1) is 0 Å². The minimum Gasteiger partial charge on any atom is -0.493 e. The van der Waals surface area contributed by atoms with Gasteiger partial charge < -0.3 is 14.2 Å². The Kier molecular flexibility index (Phi) is 5.48. The quantitative estimate of drug-likeness (QED) is 0.448. The van der Waals surface area contributed by atoms with Crippen LogP contribution in [0, 0.1) is 21.4 Å². The molecule has 1 rings (SSSR count). The molecule has 0 N–H and O–H groups in total. The average Bonchev–Trinajstić information content (AvgIpc) is 2.46. The van der Waals surface area contributed by atoms with Gasteiger partial charge in [-0.25, -0.2) is 4.79 Å². The molecule has 0 aliphatic rings. The SMILES string of the molecule is CCOc1cc([N+](=O)[O-])c(C(=O)O[C@@H](C)C#N)cc1OC. The van der Waals surface area contributed by atoms with Crippen LogP contribution in [-0.4, -0.2) is 30.7 Å². The Morgan fingerprint density at radius 1 is 1.48 bits per heavy atom. The van der Waals surface area contributed by atoms with E-state index in [0.717, 1.165) is 12.1 Å². The number of nitro groups is 1. The largest absolute Gasteiger partial charge is 0.493 e. The molecule has 0 radical (unpaired) electrons. The summed E-state index contributed by atoms with van der Waals surface area (Å²) in [5, 5.41) is 19.7. The molecule has 0 aromatic heterocycles. The van der Waals surface area contributed by atoms with Gasteiger partial charge in [0.1, 0.15) is 11.6 Å². The fourth-order valence-corrected chi connectivity index (χ4v) is 1.54. The molecule has 1 aromatic carbocycles. The number of hydrogen-bond acceptors (Lipinski definition) is 7. The zero-order valence-corrected chi connectivity index (χ0v) is 11.8. The summed E-state index contributed by atoms with van der Waals surface area (Å²) in [5.74, 6) is -0.660. The minimum atomic E-state index is -1.02. The van der Waals surface area contributed by atoms with Gasteiger partial charge in [0.15, 0.2) is 17.6 Å². The molecule has 0 aliphatic heterocycles. The van der Waals surface area contributed by atoms with Crippen LogP contribution in [0.25, 0.3) is 0 Å². The summed E-state index contributed by atoms with van der Waals surface area (Å²) < 4.78 is 15.0. The molecular formula is C13H14N2O6. The Labute approximate surface area is 121 Å². The number of esters is 1. The fourth-order valence-electron chi connectivity index (χ4n) is 1.54. The lowest BCUT2D eigenvalue weighted by Gasteiger charge is -2.12. The van der Waals surface area contributed by atoms with Crippen molar-refractivity contribution in [2.45, 2.75) is 20.0 Å². The van der Waals surface area contributed by atoms with Crippen LogP contribution in [0.1, 0.15) is 24.2 Å². The van der Waals surface area contributed by atoms with E-state index in [9.17, 15) is 14.9 Å². The van der Waals surface area contributed by atoms with Crippen LogP contribution in [0.15, 0.2) is 12.1 Å². The van der Waals surface area contributed by atoms with Crippen LogP contribution in [0.4, 0.5) is 5.69 Å². The summed E-state index contributed by atoms with van der Waals surface area (Å²) in [5.41, 5.74) is -0.781. The lowest BCUT2D eigenvalue weighted by Crippen LogP contribution is -2.15. The van der Waals surface area contributed by atoms with Crippen molar-refractivity contribution in [1.29, 1.82) is 5.26 Å². The third-order valence-corrected chi connectivity index (χ3v) is 2.46. The van der Waals surface area contributed by atoms with E-state index in [4.69, 9.17) is 19.5 Å². The van der Waals surface area contributed by atoms with Gasteiger partial charge in [-0.3, -0.25) is 10.1 Å². The number of methoxy groups -OCH3 is 1. The van der Waals surface area contributed by atoms with E-state index in [1.165, 1.54) is 14.0 Å². The van der Waals surface area contributed by atoms with Crippen molar-refractivity contribution in [3.63, 3.8) is 0 Å². The molecule has 21 heavy (non-hydrogen) atoms. The molecule has 0 saturated heterocycles. The van der Waals surface area contributed by atoms with Gasteiger partial charge >= 0.3 is 5.97 Å². The number of nitro benzene ring substituents is 1. The van der Waals surface area contributed by atoms with E-state index in [1.54, 1.807) is 13.0 Å². The van der Waals surface area contributed by atoms with Crippen molar-refractivity contribution < 1.29 is 23.9 Å². The maximum atomic E-state index is 11.9. The molecule has 1 aromatic rings. The lowest BCUT2D eigenvalue weighted by atomic mass is 10.1. The first-order valence-electron chi connectivity index (χ1n) is 6.04. The Balaban J connectivity index is 3.32. The molecule has 8 nitrogen and oxygen atoms in total. The van der Waals surface area contributed by atoms with E-state index < -0.39 is 22.7 Å². The highest BCUT2D eigenvalue weighted by molar-refractivity contribution is 5.95. The summed E-state index contributed by atoms with van der Waals surface area (Å²) in [4.78, 5) is 22.2. The first-order valence-corrected chi connectivity index (χ1v) is 6.04. The van der Waals surface area contributed by atoms with Crippen LogP contribution in [-0.2, 0) is 4.74 Å². The predicted octanol–water partition coefficient (Wildman–Crippen LogP) is 2.07. The molecule has 0 saturated carbocycles. The highest BCUT2D eigenvalue weighted by atomic mass is 16.6. The monoisotopic (exact) mass is 294 g/mol. The van der Waals surface area contributed by atoms with Crippen molar-refractivity contribution in [1.82, 2.24) is 0 Å². The number of carbonyl (C=O) groups is 1. The van der Waals surface area contributed by atoms with Crippen LogP contribution in [0.5, 0.6) is 11.5 Å². The van der Waals surface area contributed by atoms with Crippen molar-refractivity contribution in [3.8, 4) is 17.6 Å². The van der Waals surface area contributed by atoms with Crippen molar-refractivity contribution in [3.05, 3.63) is 27.8 Å². The second-order valence-electron chi connectivity index (χ2n) is 3.89. The van der Waals surface area contributed by atoms with Crippen molar-refractivity contribution in [2.24, 2.45) is 0 Å². The van der Waals surface area contributed by atoms with Gasteiger partial charge in [-0.1, -0.05) is 0 Å². The Morgan fingerprint density at radius 2 is 2.14 bits per heavy atom. The molecule has 0 aliphatic carbocycles. The van der Waals surface area contributed by atoms with Gasteiger partial charge in [0.2, 0.25) is 0 Å². The van der Waals surface area contributed by atoms with Gasteiger partial charge in [0.05, 0.1) is 24.7 Å². The van der Waals surface area contributed by atoms with Gasteiger partial charge in [-0.2, -0.15) is 5.26 Å². The van der Waals surface area contributed by atoms with Crippen LogP contribution in [0.3, 0.4) is 0 Å². The molecule has 0 bridgehead atoms. The summed E-state index contributed by atoms with van der Waals surface area (Å²) in [6, 6.07) is 3.96. The Hall–Kier alpha value is -2.82. The number of nitriles is 1. The summed E-state index contributed by atoms with van der Waals surface area (Å²) in [7, 11) is 1.34. The number of nitrogens with zero attached hydrogens (tertiary/aromatic N) is 2. The summed E-state index contributed by atoms with van der Waals surface area (Å²) >= 11 is 0. The van der Waals surface area contributed by atoms with Gasteiger partial charge in [-0.05, 0) is 13.8 Å². The predicted molar refractivity (Wildman–Crippen MR) is 71.3 cm³/mol. The van der Waals surface area contributed by atoms with Crippen LogP contribution in [0.2, 0.25) is 0 Å². The molecular weight excluding hydrogens is 280 g/mol. The van der Waals surface area contributed by atoms with Gasteiger partial charge in [0.25, 0.3) is 5.69 Å². The van der Waals surface area contributed by atoms with Crippen molar-refractivity contribution in [2.75, 3.05) is 13.7 Å². The molecule has 8 heteroatoms. The number of benzene rings is 1. The van der Waals surface area contributed by atoms with E-state index in [0.29, 0.717) is 0 Å². The second-order valence-corrected chi connectivity index (χ2v) is 3.89. The van der Waals surface area contributed by atoms with E-state index in [2.05, 4.69) is 0 Å². The smallest absolute Gasteiger partial charge is 0.346 e. The van der Waals surface area contributed by atoms with Crippen LogP contribution >= 0.6 is 0 Å². The Bertz CT molecular complexity index is 593. The molecule has 0 unspecified atom stereocenters. The number of rotatable bonds is 6. The molecule has 0 amide bonds. The van der Waals surface area contributed by atoms with Gasteiger partial charge in [0, 0.05) is 6.07 Å². The maximum absolute atomic E-state index is 11.9. The second kappa shape index (κ2) is 7.09. The van der Waals surface area contributed by atoms with E-state index in [-0.39, 0.29) is 23.7 Å². The minimum absolute atomic E-state index is 0.150. The Morgan fingerprint density at radius 3 is 2.62 bits per heavy atom. The van der Waals surface area contributed by atoms with Crippen LogP contribution < -0.4 is 9.47 Å². The lowest BCUT2D eigenvalue weighted by molar-refractivity contribution is -0.385. The number of carbonyl (C=O) groups excluding carboxylic acids is 1. The molecule has 112 valence electrons. The maximum Gasteiger partial charge on any atom is 0.346 e. The summed E-state index contributed by atoms with van der Waals surface area (Å²) in [6.45, 7) is 3.35. The molecule has 0 fully saturated rings. The zero-order chi connectivity index (χ0) is 16.0. The number of ether oxygens (including phenoxy) is 3. The molecule has 0 spiro atoms. The third kappa shape index (κ3) is 3.82. The van der Waals surface area contributed by atoms with E-state index in [1.807, 2.05) is 0 Å². The number of hydrogen-bond donors (Lipinski definition) is 0. The average molecular weight is 294 g/mol. The first-order chi connectivity index (χ1) is 9.94. The van der Waals surface area contributed by atoms with E-state index >= 15 is 0 Å². The highest BCUT2D eigenvalue weighted by Crippen LogP contribution is 2.35. The molecule has 0 heterocycles. The zero-order valence-electron chi connectivity index (χ0n) is 11.8. The topological polar surface area (TPSA) is 112 Å². The normalized spacial score (nSPS) is 11.1. The summed E-state index contributed by atoms with van der Waals surface area (Å²) in [6.07, 6.45) is -1.02. The van der Waals surface area contributed by atoms with Crippen molar-refractivity contribution >= 4 is 11.7 Å². The standard InChI is InChI=1S/C13H14N2O6/c1-4-20-12-6-10(15(17)18)9(5-11(12)19-3)13(16)21-8(2)7-14/h5-6,8H,4H2,1-3H3/t8-/m0/s1. The fraction of sp³-hybridized carbons (Fsp3) is 0.385.